The summed E-state index contributed by atoms with van der Waals surface area (Å²) in [6.45, 7) is 0. The monoisotopic (exact) mass is 397 g/mol. The topological polar surface area (TPSA) is 66.2 Å². The van der Waals surface area contributed by atoms with Gasteiger partial charge < -0.3 is 9.47 Å². The summed E-state index contributed by atoms with van der Waals surface area (Å²) in [6, 6.07) is 5.53. The first kappa shape index (κ1) is 20.0. The molecule has 0 amide bonds. The van der Waals surface area contributed by atoms with Crippen molar-refractivity contribution in [3.63, 3.8) is 0 Å². The molecule has 0 radical (unpaired) electrons. The van der Waals surface area contributed by atoms with Gasteiger partial charge >= 0.3 is 5.97 Å². The summed E-state index contributed by atoms with van der Waals surface area (Å²) in [5.41, 5.74) is 1.60. The Labute approximate surface area is 166 Å². The lowest BCUT2D eigenvalue weighted by molar-refractivity contribution is 0.0601. The fraction of sp³-hybridized carbons (Fsp3) is 0.190. The van der Waals surface area contributed by atoms with Crippen LogP contribution in [-0.4, -0.2) is 35.0 Å². The van der Waals surface area contributed by atoms with Gasteiger partial charge in [0.25, 0.3) is 6.43 Å². The van der Waals surface area contributed by atoms with Gasteiger partial charge in [0.2, 0.25) is 0 Å². The molecule has 8 heteroatoms. The lowest BCUT2D eigenvalue weighted by atomic mass is 9.97. The zero-order chi connectivity index (χ0) is 21.0. The van der Waals surface area contributed by atoms with Gasteiger partial charge in [-0.15, -0.1) is 0 Å². The van der Waals surface area contributed by atoms with Crippen LogP contribution >= 0.6 is 0 Å². The maximum Gasteiger partial charge on any atom is 0.340 e. The van der Waals surface area contributed by atoms with Crippen LogP contribution in [0.5, 0.6) is 5.75 Å². The third-order valence-electron chi connectivity index (χ3n) is 4.11. The highest BCUT2D eigenvalue weighted by molar-refractivity contribution is 5.98. The molecule has 0 fully saturated rings. The van der Waals surface area contributed by atoms with Crippen LogP contribution in [0.1, 0.15) is 33.6 Å². The van der Waals surface area contributed by atoms with Crippen molar-refractivity contribution in [2.75, 3.05) is 14.2 Å². The Kier molecular flexibility index (Phi) is 5.88. The van der Waals surface area contributed by atoms with Crippen molar-refractivity contribution in [3.8, 4) is 28.7 Å². The Hall–Kier alpha value is -3.73. The second-order valence-corrected chi connectivity index (χ2v) is 6.02. The number of carbonyl (C=O) groups excluding carboxylic acids is 1. The highest BCUT2D eigenvalue weighted by Crippen LogP contribution is 2.36. The van der Waals surface area contributed by atoms with Crippen molar-refractivity contribution in [2.45, 2.75) is 6.43 Å². The second-order valence-electron chi connectivity index (χ2n) is 6.02. The molecule has 0 saturated heterocycles. The largest absolute Gasteiger partial charge is 0.496 e. The first-order valence-electron chi connectivity index (χ1n) is 8.48. The number of ether oxygens (including phenoxy) is 2. The van der Waals surface area contributed by atoms with E-state index in [1.54, 1.807) is 30.2 Å². The quantitative estimate of drug-likeness (QED) is 0.497. The average molecular weight is 397 g/mol. The van der Waals surface area contributed by atoms with E-state index in [9.17, 15) is 13.6 Å². The first-order valence-corrected chi connectivity index (χ1v) is 8.48. The zero-order valence-electron chi connectivity index (χ0n) is 15.9. The number of aryl methyl sites for hydroxylation is 1. The Balaban J connectivity index is 2.16. The van der Waals surface area contributed by atoms with Gasteiger partial charge in [0, 0.05) is 36.1 Å². The van der Waals surface area contributed by atoms with Crippen LogP contribution in [0.15, 0.2) is 42.9 Å². The molecule has 0 aliphatic carbocycles. The van der Waals surface area contributed by atoms with Crippen molar-refractivity contribution in [2.24, 2.45) is 7.05 Å². The number of pyridine rings is 1. The summed E-state index contributed by atoms with van der Waals surface area (Å²) in [5, 5.41) is 4.04. The summed E-state index contributed by atoms with van der Waals surface area (Å²) >= 11 is 0. The molecule has 2 aromatic heterocycles. The van der Waals surface area contributed by atoms with E-state index in [1.165, 1.54) is 38.6 Å². The number of halogens is 2. The molecule has 29 heavy (non-hydrogen) atoms. The molecule has 0 unspecified atom stereocenters. The predicted molar refractivity (Wildman–Crippen MR) is 102 cm³/mol. The van der Waals surface area contributed by atoms with Gasteiger partial charge in [-0.05, 0) is 30.2 Å². The summed E-state index contributed by atoms with van der Waals surface area (Å²) in [6.07, 6.45) is 1.98. The molecule has 0 atom stereocenters. The third kappa shape index (κ3) is 4.41. The number of methoxy groups -OCH3 is 2. The fourth-order valence-corrected chi connectivity index (χ4v) is 2.71. The molecule has 0 spiro atoms. The number of rotatable bonds is 4. The minimum atomic E-state index is -2.67. The first-order chi connectivity index (χ1) is 13.9. The Morgan fingerprint density at radius 2 is 1.93 bits per heavy atom. The van der Waals surface area contributed by atoms with E-state index in [2.05, 4.69) is 21.9 Å². The average Bonchev–Trinajstić information content (AvgIpc) is 3.16. The standard InChI is InChI=1S/C21H17F2N3O3/c1-26-12-13(10-25-26)4-6-15-9-16(18(11-24-15)21(27)29-3)17-8-14(20(22)23)5-7-19(17)28-2/h5,7-12,20H,1-3H3. The van der Waals surface area contributed by atoms with Gasteiger partial charge in [-0.25, -0.2) is 18.6 Å². The summed E-state index contributed by atoms with van der Waals surface area (Å²) < 4.78 is 38.2. The molecule has 2 heterocycles. The normalized spacial score (nSPS) is 10.4. The number of benzene rings is 1. The molecule has 3 aromatic rings. The molecule has 0 bridgehead atoms. The van der Waals surface area contributed by atoms with Gasteiger partial charge in [0.1, 0.15) is 11.4 Å². The number of nitrogens with zero attached hydrogens (tertiary/aromatic N) is 3. The number of esters is 1. The Morgan fingerprint density at radius 3 is 2.55 bits per heavy atom. The fourth-order valence-electron chi connectivity index (χ4n) is 2.71. The predicted octanol–water partition coefficient (Wildman–Crippen LogP) is 3.61. The molecule has 0 saturated carbocycles. The lowest BCUT2D eigenvalue weighted by Gasteiger charge is -2.14. The smallest absolute Gasteiger partial charge is 0.340 e. The molecule has 1 aromatic carbocycles. The van der Waals surface area contributed by atoms with Crippen molar-refractivity contribution in [3.05, 3.63) is 65.2 Å². The Morgan fingerprint density at radius 1 is 1.14 bits per heavy atom. The van der Waals surface area contributed by atoms with Crippen LogP contribution in [0.4, 0.5) is 8.78 Å². The van der Waals surface area contributed by atoms with E-state index >= 15 is 0 Å². The molecule has 0 aliphatic rings. The van der Waals surface area contributed by atoms with Crippen LogP contribution in [0.25, 0.3) is 11.1 Å². The van der Waals surface area contributed by atoms with E-state index in [0.29, 0.717) is 28.1 Å². The van der Waals surface area contributed by atoms with Crippen molar-refractivity contribution < 1.29 is 23.0 Å². The number of aromatic nitrogens is 3. The minimum absolute atomic E-state index is 0.115. The van der Waals surface area contributed by atoms with Crippen molar-refractivity contribution in [1.29, 1.82) is 0 Å². The summed E-state index contributed by atoms with van der Waals surface area (Å²) in [5.74, 6) is 5.49. The third-order valence-corrected chi connectivity index (χ3v) is 4.11. The molecule has 0 aliphatic heterocycles. The number of hydrogen-bond acceptors (Lipinski definition) is 5. The van der Waals surface area contributed by atoms with E-state index in [1.807, 2.05) is 0 Å². The van der Waals surface area contributed by atoms with Gasteiger partial charge in [-0.2, -0.15) is 5.10 Å². The van der Waals surface area contributed by atoms with E-state index in [0.717, 1.165) is 0 Å². The maximum atomic E-state index is 13.2. The van der Waals surface area contributed by atoms with Crippen LogP contribution in [0, 0.1) is 11.8 Å². The summed E-state index contributed by atoms with van der Waals surface area (Å²) in [4.78, 5) is 16.4. The van der Waals surface area contributed by atoms with Crippen LogP contribution in [0.2, 0.25) is 0 Å². The highest BCUT2D eigenvalue weighted by atomic mass is 19.3. The van der Waals surface area contributed by atoms with Crippen molar-refractivity contribution >= 4 is 5.97 Å². The van der Waals surface area contributed by atoms with Crippen LogP contribution in [0.3, 0.4) is 0 Å². The minimum Gasteiger partial charge on any atom is -0.496 e. The Bertz CT molecular complexity index is 1110. The van der Waals surface area contributed by atoms with E-state index < -0.39 is 12.4 Å². The molecule has 3 rings (SSSR count). The molecular formula is C21H17F2N3O3. The zero-order valence-corrected chi connectivity index (χ0v) is 15.9. The molecule has 6 nitrogen and oxygen atoms in total. The molecule has 0 N–H and O–H groups in total. The van der Waals surface area contributed by atoms with Crippen molar-refractivity contribution in [1.82, 2.24) is 14.8 Å². The number of alkyl halides is 2. The van der Waals surface area contributed by atoms with Gasteiger partial charge in [0.05, 0.1) is 31.5 Å². The number of hydrogen-bond donors (Lipinski definition) is 0. The maximum absolute atomic E-state index is 13.2. The van der Waals surface area contributed by atoms with E-state index in [-0.39, 0.29) is 11.1 Å². The van der Waals surface area contributed by atoms with Gasteiger partial charge in [-0.3, -0.25) is 4.68 Å². The summed E-state index contributed by atoms with van der Waals surface area (Å²) in [7, 11) is 4.42. The van der Waals surface area contributed by atoms with Crippen LogP contribution < -0.4 is 4.74 Å². The number of carbonyl (C=O) groups is 1. The van der Waals surface area contributed by atoms with Crippen LogP contribution in [-0.2, 0) is 11.8 Å². The molecule has 148 valence electrons. The van der Waals surface area contributed by atoms with E-state index in [4.69, 9.17) is 9.47 Å². The lowest BCUT2D eigenvalue weighted by Crippen LogP contribution is -2.06. The van der Waals surface area contributed by atoms with Gasteiger partial charge in [0.15, 0.2) is 0 Å². The second kappa shape index (κ2) is 8.52. The highest BCUT2D eigenvalue weighted by Gasteiger charge is 2.20. The van der Waals surface area contributed by atoms with Gasteiger partial charge in [-0.1, -0.05) is 5.92 Å². The molecular weight excluding hydrogens is 380 g/mol. The SMILES string of the molecule is COC(=O)c1cnc(C#Cc2cnn(C)c2)cc1-c1cc(C(F)F)ccc1OC.